The van der Waals surface area contributed by atoms with Crippen molar-refractivity contribution in [3.05, 3.63) is 65.7 Å². The highest BCUT2D eigenvalue weighted by Gasteiger charge is 2.38. The monoisotopic (exact) mass is 350 g/mol. The van der Waals surface area contributed by atoms with Crippen LogP contribution in [-0.2, 0) is 12.1 Å². The molecule has 0 aliphatic carbocycles. The number of imidazole rings is 1. The summed E-state index contributed by atoms with van der Waals surface area (Å²) in [5.74, 6) is 1.31. The van der Waals surface area contributed by atoms with Crippen molar-refractivity contribution < 1.29 is 4.39 Å². The Morgan fingerprint density at radius 2 is 1.65 bits per heavy atom. The van der Waals surface area contributed by atoms with Gasteiger partial charge in [-0.05, 0) is 57.2 Å². The number of hydrogen-bond acceptors (Lipinski definition) is 3. The van der Waals surface area contributed by atoms with Gasteiger partial charge in [0, 0.05) is 24.3 Å². The average molecular weight is 350 g/mol. The lowest BCUT2D eigenvalue weighted by Crippen LogP contribution is -2.49. The van der Waals surface area contributed by atoms with Crippen LogP contribution in [0.15, 0.2) is 48.5 Å². The van der Waals surface area contributed by atoms with Crippen molar-refractivity contribution in [3.63, 3.8) is 0 Å². The Morgan fingerprint density at radius 1 is 1.00 bits per heavy atom. The molecule has 134 valence electrons. The highest BCUT2D eigenvalue weighted by Crippen LogP contribution is 2.39. The highest BCUT2D eigenvalue weighted by molar-refractivity contribution is 5.72. The summed E-state index contributed by atoms with van der Waals surface area (Å²) in [5, 5.41) is 0. The molecule has 2 aromatic carbocycles. The van der Waals surface area contributed by atoms with E-state index in [0.29, 0.717) is 5.82 Å². The number of nitrogen functional groups attached to an aromatic ring is 1. The first-order valence-electron chi connectivity index (χ1n) is 8.84. The minimum absolute atomic E-state index is 0.262. The minimum atomic E-state index is -0.306. The van der Waals surface area contributed by atoms with Crippen LogP contribution in [0.2, 0.25) is 0 Å². The highest BCUT2D eigenvalue weighted by atomic mass is 19.1. The van der Waals surface area contributed by atoms with Gasteiger partial charge in [-0.1, -0.05) is 17.7 Å². The fourth-order valence-corrected chi connectivity index (χ4v) is 3.76. The van der Waals surface area contributed by atoms with Crippen LogP contribution < -0.4 is 10.6 Å². The summed E-state index contributed by atoms with van der Waals surface area (Å²) in [7, 11) is 0. The van der Waals surface area contributed by atoms with Gasteiger partial charge in [-0.15, -0.1) is 0 Å². The second-order valence-corrected chi connectivity index (χ2v) is 7.37. The molecule has 1 aromatic heterocycles. The Morgan fingerprint density at radius 3 is 2.31 bits per heavy atom. The third kappa shape index (κ3) is 2.55. The predicted molar refractivity (Wildman–Crippen MR) is 104 cm³/mol. The Bertz CT molecular complexity index is 939. The zero-order valence-electron chi connectivity index (χ0n) is 15.3. The SMILES string of the molecule is Cc1ccc(N2CCn3c(nc(-c4ccc(F)cc4)c3N)C2(C)C)cc1. The van der Waals surface area contributed by atoms with E-state index >= 15 is 0 Å². The second-order valence-electron chi connectivity index (χ2n) is 7.37. The van der Waals surface area contributed by atoms with E-state index in [2.05, 4.69) is 54.5 Å². The van der Waals surface area contributed by atoms with E-state index in [1.165, 1.54) is 23.4 Å². The molecule has 4 nitrogen and oxygen atoms in total. The molecule has 4 rings (SSSR count). The molecule has 3 aromatic rings. The lowest BCUT2D eigenvalue weighted by molar-refractivity contribution is 0.379. The van der Waals surface area contributed by atoms with Gasteiger partial charge < -0.3 is 15.2 Å². The fraction of sp³-hybridized carbons (Fsp3) is 0.286. The molecule has 0 radical (unpaired) electrons. The van der Waals surface area contributed by atoms with E-state index in [-0.39, 0.29) is 11.4 Å². The van der Waals surface area contributed by atoms with E-state index in [1.54, 1.807) is 12.1 Å². The zero-order chi connectivity index (χ0) is 18.5. The quantitative estimate of drug-likeness (QED) is 0.748. The lowest BCUT2D eigenvalue weighted by Gasteiger charge is -2.44. The largest absolute Gasteiger partial charge is 0.383 e. The maximum absolute atomic E-state index is 13.3. The number of rotatable bonds is 2. The summed E-state index contributed by atoms with van der Waals surface area (Å²) in [4.78, 5) is 7.23. The summed E-state index contributed by atoms with van der Waals surface area (Å²) in [6, 6.07) is 14.9. The summed E-state index contributed by atoms with van der Waals surface area (Å²) in [6.07, 6.45) is 0. The molecule has 0 atom stereocenters. The summed E-state index contributed by atoms with van der Waals surface area (Å²) >= 11 is 0. The summed E-state index contributed by atoms with van der Waals surface area (Å²) in [6.45, 7) is 8.05. The molecule has 0 fully saturated rings. The molecule has 0 bridgehead atoms. The maximum atomic E-state index is 13.3. The molecule has 26 heavy (non-hydrogen) atoms. The van der Waals surface area contributed by atoms with Crippen molar-refractivity contribution in [1.82, 2.24) is 9.55 Å². The normalized spacial score (nSPS) is 15.8. The molecular weight excluding hydrogens is 327 g/mol. The van der Waals surface area contributed by atoms with Gasteiger partial charge in [0.15, 0.2) is 0 Å². The Hall–Kier alpha value is -2.82. The van der Waals surface area contributed by atoms with Crippen LogP contribution in [0.25, 0.3) is 11.3 Å². The number of nitrogens with two attached hydrogens (primary N) is 1. The molecule has 1 aliphatic rings. The van der Waals surface area contributed by atoms with Gasteiger partial charge in [0.05, 0.1) is 5.54 Å². The molecule has 0 unspecified atom stereocenters. The molecule has 5 heteroatoms. The van der Waals surface area contributed by atoms with Crippen molar-refractivity contribution in [2.45, 2.75) is 32.9 Å². The first-order valence-corrected chi connectivity index (χ1v) is 8.84. The first kappa shape index (κ1) is 16.6. The Kier molecular flexibility index (Phi) is 3.75. The third-order valence-corrected chi connectivity index (χ3v) is 5.24. The van der Waals surface area contributed by atoms with E-state index in [0.717, 1.165) is 30.2 Å². The van der Waals surface area contributed by atoms with Crippen LogP contribution in [0.1, 0.15) is 25.2 Å². The average Bonchev–Trinajstić information content (AvgIpc) is 2.95. The number of anilines is 2. The van der Waals surface area contributed by atoms with Gasteiger partial charge >= 0.3 is 0 Å². The van der Waals surface area contributed by atoms with Gasteiger partial charge in [-0.3, -0.25) is 0 Å². The molecule has 2 heterocycles. The van der Waals surface area contributed by atoms with Crippen molar-refractivity contribution >= 4 is 11.5 Å². The number of nitrogens with zero attached hydrogens (tertiary/aromatic N) is 3. The first-order chi connectivity index (χ1) is 12.4. The molecule has 1 aliphatic heterocycles. The number of halogens is 1. The smallest absolute Gasteiger partial charge is 0.136 e. The number of benzene rings is 2. The molecule has 0 amide bonds. The molecular formula is C21H23FN4. The van der Waals surface area contributed by atoms with Crippen molar-refractivity contribution in [2.75, 3.05) is 17.2 Å². The predicted octanol–water partition coefficient (Wildman–Crippen LogP) is 4.34. The molecule has 0 saturated carbocycles. The number of fused-ring (bicyclic) bond motifs is 1. The van der Waals surface area contributed by atoms with Crippen LogP contribution in [0, 0.1) is 12.7 Å². The third-order valence-electron chi connectivity index (χ3n) is 5.24. The van der Waals surface area contributed by atoms with E-state index in [4.69, 9.17) is 10.7 Å². The molecule has 2 N–H and O–H groups in total. The van der Waals surface area contributed by atoms with Crippen LogP contribution in [0.3, 0.4) is 0 Å². The minimum Gasteiger partial charge on any atom is -0.383 e. The van der Waals surface area contributed by atoms with E-state index in [1.807, 2.05) is 0 Å². The van der Waals surface area contributed by atoms with E-state index in [9.17, 15) is 4.39 Å². The molecule has 0 saturated heterocycles. The summed E-state index contributed by atoms with van der Waals surface area (Å²) in [5.41, 5.74) is 10.1. The van der Waals surface area contributed by atoms with Crippen LogP contribution in [-0.4, -0.2) is 16.1 Å². The Balaban J connectivity index is 1.78. The topological polar surface area (TPSA) is 47.1 Å². The zero-order valence-corrected chi connectivity index (χ0v) is 15.3. The van der Waals surface area contributed by atoms with Gasteiger partial charge in [-0.2, -0.15) is 0 Å². The number of aryl methyl sites for hydroxylation is 1. The summed E-state index contributed by atoms with van der Waals surface area (Å²) < 4.78 is 15.3. The lowest BCUT2D eigenvalue weighted by atomic mass is 9.97. The second kappa shape index (κ2) is 5.87. The van der Waals surface area contributed by atoms with Crippen LogP contribution in [0.4, 0.5) is 15.9 Å². The standard InChI is InChI=1S/C21H23FN4/c1-14-4-10-17(11-5-14)26-13-12-25-19(23)18(24-20(25)21(26,2)3)15-6-8-16(22)9-7-15/h4-11H,12-13,23H2,1-3H3. The molecule has 0 spiro atoms. The van der Waals surface area contributed by atoms with Gasteiger partial charge in [-0.25, -0.2) is 9.37 Å². The number of aromatic nitrogens is 2. The van der Waals surface area contributed by atoms with Crippen molar-refractivity contribution in [3.8, 4) is 11.3 Å². The fourth-order valence-electron chi connectivity index (χ4n) is 3.76. The van der Waals surface area contributed by atoms with Crippen LogP contribution >= 0.6 is 0 Å². The van der Waals surface area contributed by atoms with Crippen molar-refractivity contribution in [1.29, 1.82) is 0 Å². The number of hydrogen-bond donors (Lipinski definition) is 1. The Labute approximate surface area is 153 Å². The van der Waals surface area contributed by atoms with Gasteiger partial charge in [0.1, 0.15) is 23.2 Å². The van der Waals surface area contributed by atoms with Gasteiger partial charge in [0.25, 0.3) is 0 Å². The van der Waals surface area contributed by atoms with E-state index < -0.39 is 0 Å². The van der Waals surface area contributed by atoms with Crippen LogP contribution in [0.5, 0.6) is 0 Å². The van der Waals surface area contributed by atoms with Gasteiger partial charge in [0.2, 0.25) is 0 Å². The van der Waals surface area contributed by atoms with Crippen molar-refractivity contribution in [2.24, 2.45) is 0 Å². The maximum Gasteiger partial charge on any atom is 0.136 e.